The smallest absolute Gasteiger partial charge is 0.307 e. The Morgan fingerprint density at radius 2 is 1.72 bits per heavy atom. The van der Waals surface area contributed by atoms with Gasteiger partial charge >= 0.3 is 5.97 Å². The van der Waals surface area contributed by atoms with Crippen LogP contribution in [0.15, 0.2) is 42.5 Å². The monoisotopic (exact) mass is 444 g/mol. The molecule has 8 heteroatoms. The van der Waals surface area contributed by atoms with Crippen molar-refractivity contribution in [1.82, 2.24) is 9.80 Å². The van der Waals surface area contributed by atoms with Crippen LogP contribution in [0.4, 0.5) is 4.39 Å². The van der Waals surface area contributed by atoms with E-state index in [1.54, 1.807) is 30.3 Å². The Labute approximate surface area is 187 Å². The second-order valence-corrected chi connectivity index (χ2v) is 8.14. The third-order valence-electron chi connectivity index (χ3n) is 5.67. The van der Waals surface area contributed by atoms with Crippen LogP contribution in [0.25, 0.3) is 0 Å². The summed E-state index contributed by atoms with van der Waals surface area (Å²) in [7, 11) is 1.47. The number of rotatable bonds is 8. The lowest BCUT2D eigenvalue weighted by atomic mass is 10.1. The number of carboxylic acid groups (broad SMARTS) is 1. The van der Waals surface area contributed by atoms with E-state index in [0.717, 1.165) is 5.56 Å². The number of piperazine rings is 1. The second kappa shape index (κ2) is 10.5. The lowest BCUT2D eigenvalue weighted by molar-refractivity contribution is -0.139. The average Bonchev–Trinajstić information content (AvgIpc) is 2.75. The van der Waals surface area contributed by atoms with E-state index in [1.165, 1.54) is 19.2 Å². The Morgan fingerprint density at radius 3 is 2.38 bits per heavy atom. The number of carboxylic acids is 1. The van der Waals surface area contributed by atoms with Crippen molar-refractivity contribution in [2.24, 2.45) is 0 Å². The van der Waals surface area contributed by atoms with E-state index in [4.69, 9.17) is 14.6 Å². The zero-order chi connectivity index (χ0) is 23.3. The predicted octanol–water partition coefficient (Wildman–Crippen LogP) is 2.96. The summed E-state index contributed by atoms with van der Waals surface area (Å²) in [5, 5.41) is 8.94. The van der Waals surface area contributed by atoms with E-state index in [9.17, 15) is 14.0 Å². The average molecular weight is 445 g/mol. The molecule has 0 spiro atoms. The Morgan fingerprint density at radius 1 is 1.03 bits per heavy atom. The summed E-state index contributed by atoms with van der Waals surface area (Å²) in [4.78, 5) is 27.9. The fourth-order valence-corrected chi connectivity index (χ4v) is 3.93. The maximum absolute atomic E-state index is 13.2. The molecule has 1 fully saturated rings. The van der Waals surface area contributed by atoms with Crippen LogP contribution in [-0.4, -0.2) is 65.7 Å². The molecule has 0 bridgehead atoms. The highest BCUT2D eigenvalue weighted by atomic mass is 19.1. The van der Waals surface area contributed by atoms with E-state index in [2.05, 4.69) is 11.8 Å². The molecule has 1 heterocycles. The van der Waals surface area contributed by atoms with Gasteiger partial charge in [0.2, 0.25) is 0 Å². The van der Waals surface area contributed by atoms with Crippen molar-refractivity contribution in [3.63, 3.8) is 0 Å². The van der Waals surface area contributed by atoms with Gasteiger partial charge in [0.25, 0.3) is 5.91 Å². The molecule has 2 unspecified atom stereocenters. The summed E-state index contributed by atoms with van der Waals surface area (Å²) in [6.45, 7) is 5.91. The summed E-state index contributed by atoms with van der Waals surface area (Å²) in [5.41, 5.74) is 1.62. The molecule has 0 radical (unpaired) electrons. The molecule has 1 aliphatic rings. The normalized spacial score (nSPS) is 18.9. The van der Waals surface area contributed by atoms with Gasteiger partial charge in [-0.05, 0) is 49.2 Å². The van der Waals surface area contributed by atoms with Crippen LogP contribution in [0.5, 0.6) is 11.5 Å². The van der Waals surface area contributed by atoms with Gasteiger partial charge in [-0.25, -0.2) is 4.39 Å². The fourth-order valence-electron chi connectivity index (χ4n) is 3.93. The Balaban J connectivity index is 1.58. The minimum Gasteiger partial charge on any atom is -0.493 e. The van der Waals surface area contributed by atoms with Crippen molar-refractivity contribution in [2.75, 3.05) is 26.8 Å². The first-order valence-corrected chi connectivity index (χ1v) is 10.6. The number of benzene rings is 2. The summed E-state index contributed by atoms with van der Waals surface area (Å²) in [6, 6.07) is 11.5. The largest absolute Gasteiger partial charge is 0.493 e. The number of aliphatic carboxylic acids is 1. The number of hydrogen-bond acceptors (Lipinski definition) is 5. The number of carbonyl (C=O) groups is 2. The molecule has 7 nitrogen and oxygen atoms in total. The lowest BCUT2D eigenvalue weighted by Crippen LogP contribution is -2.58. The molecule has 0 aromatic heterocycles. The summed E-state index contributed by atoms with van der Waals surface area (Å²) >= 11 is 0. The summed E-state index contributed by atoms with van der Waals surface area (Å²) < 4.78 is 24.2. The molecule has 172 valence electrons. The highest BCUT2D eigenvalue weighted by Crippen LogP contribution is 2.28. The third-order valence-corrected chi connectivity index (χ3v) is 5.67. The van der Waals surface area contributed by atoms with Crippen molar-refractivity contribution in [2.45, 2.75) is 38.9 Å². The van der Waals surface area contributed by atoms with Crippen LogP contribution < -0.4 is 9.47 Å². The van der Waals surface area contributed by atoms with Crippen molar-refractivity contribution >= 4 is 11.9 Å². The second-order valence-electron chi connectivity index (χ2n) is 8.14. The topological polar surface area (TPSA) is 79.3 Å². The number of ether oxygens (including phenoxy) is 2. The first kappa shape index (κ1) is 23.5. The van der Waals surface area contributed by atoms with Gasteiger partial charge in [-0.3, -0.25) is 14.5 Å². The number of carbonyl (C=O) groups excluding carboxylic acids is 1. The number of nitrogens with zero attached hydrogens (tertiary/aromatic N) is 2. The SMILES string of the molecule is COc1cc(CC(=O)O)ccc1OCC(=O)N1CC(C)N(Cc2ccc(F)cc2)CC1C. The molecule has 32 heavy (non-hydrogen) atoms. The van der Waals surface area contributed by atoms with Crippen molar-refractivity contribution in [1.29, 1.82) is 0 Å². The molecule has 1 saturated heterocycles. The molecule has 2 atom stereocenters. The van der Waals surface area contributed by atoms with Gasteiger partial charge in [0.1, 0.15) is 5.82 Å². The first-order chi connectivity index (χ1) is 15.3. The van der Waals surface area contributed by atoms with Gasteiger partial charge < -0.3 is 19.5 Å². The van der Waals surface area contributed by atoms with E-state index in [0.29, 0.717) is 36.7 Å². The zero-order valence-electron chi connectivity index (χ0n) is 18.6. The van der Waals surface area contributed by atoms with Crippen molar-refractivity contribution in [3.05, 3.63) is 59.4 Å². The van der Waals surface area contributed by atoms with E-state index >= 15 is 0 Å². The van der Waals surface area contributed by atoms with E-state index in [1.807, 2.05) is 11.8 Å². The van der Waals surface area contributed by atoms with Gasteiger partial charge in [0.15, 0.2) is 18.1 Å². The van der Waals surface area contributed by atoms with Crippen molar-refractivity contribution < 1.29 is 28.6 Å². The molecule has 3 rings (SSSR count). The van der Waals surface area contributed by atoms with E-state index in [-0.39, 0.29) is 36.8 Å². The van der Waals surface area contributed by atoms with Gasteiger partial charge in [-0.2, -0.15) is 0 Å². The lowest BCUT2D eigenvalue weighted by Gasteiger charge is -2.44. The van der Waals surface area contributed by atoms with Gasteiger partial charge in [-0.1, -0.05) is 18.2 Å². The molecule has 0 saturated carbocycles. The van der Waals surface area contributed by atoms with Crippen LogP contribution >= 0.6 is 0 Å². The minimum atomic E-state index is -0.933. The number of methoxy groups -OCH3 is 1. The summed E-state index contributed by atoms with van der Waals surface area (Å²) in [5.74, 6) is -0.522. The van der Waals surface area contributed by atoms with Crippen LogP contribution in [0.2, 0.25) is 0 Å². The van der Waals surface area contributed by atoms with Crippen LogP contribution in [0.1, 0.15) is 25.0 Å². The minimum absolute atomic E-state index is 0.00239. The van der Waals surface area contributed by atoms with Gasteiger partial charge in [-0.15, -0.1) is 0 Å². The highest BCUT2D eigenvalue weighted by Gasteiger charge is 2.32. The van der Waals surface area contributed by atoms with Crippen LogP contribution in [0, 0.1) is 5.82 Å². The standard InChI is InChI=1S/C24H29FN2O5/c1-16-13-27(17(2)12-26(16)14-18-4-7-20(25)8-5-18)23(28)15-32-21-9-6-19(11-24(29)30)10-22(21)31-3/h4-10,16-17H,11-15H2,1-3H3,(H,29,30). The Bertz CT molecular complexity index is 950. The van der Waals surface area contributed by atoms with E-state index < -0.39 is 5.97 Å². The zero-order valence-corrected chi connectivity index (χ0v) is 18.6. The third kappa shape index (κ3) is 5.97. The first-order valence-electron chi connectivity index (χ1n) is 10.6. The fraction of sp³-hybridized carbons (Fsp3) is 0.417. The van der Waals surface area contributed by atoms with Gasteiger partial charge in [0.05, 0.1) is 13.5 Å². The number of hydrogen-bond donors (Lipinski definition) is 1. The predicted molar refractivity (Wildman–Crippen MR) is 117 cm³/mol. The quantitative estimate of drug-likeness (QED) is 0.675. The maximum Gasteiger partial charge on any atom is 0.307 e. The van der Waals surface area contributed by atoms with Crippen molar-refractivity contribution in [3.8, 4) is 11.5 Å². The molecule has 2 aromatic carbocycles. The summed E-state index contributed by atoms with van der Waals surface area (Å²) in [6.07, 6.45) is -0.118. The maximum atomic E-state index is 13.2. The number of halogens is 1. The van der Waals surface area contributed by atoms with Crippen LogP contribution in [0.3, 0.4) is 0 Å². The Kier molecular flexibility index (Phi) is 7.69. The van der Waals surface area contributed by atoms with Crippen LogP contribution in [-0.2, 0) is 22.6 Å². The molecule has 1 N–H and O–H groups in total. The number of amides is 1. The molecule has 1 amide bonds. The molecular formula is C24H29FN2O5. The van der Waals surface area contributed by atoms with Gasteiger partial charge in [0, 0.05) is 31.7 Å². The molecule has 0 aliphatic carbocycles. The molecule has 1 aliphatic heterocycles. The highest BCUT2D eigenvalue weighted by molar-refractivity contribution is 5.78. The molecular weight excluding hydrogens is 415 g/mol. The molecule has 2 aromatic rings. The Hall–Kier alpha value is -3.13.